The van der Waals surface area contributed by atoms with E-state index in [1.807, 2.05) is 0 Å². The third-order valence-corrected chi connectivity index (χ3v) is 2.20. The van der Waals surface area contributed by atoms with Gasteiger partial charge in [0.15, 0.2) is 6.10 Å². The quantitative estimate of drug-likeness (QED) is 0.779. The highest BCUT2D eigenvalue weighted by Crippen LogP contribution is 2.35. The molecule has 1 aromatic rings. The molecule has 0 aromatic heterocycles. The van der Waals surface area contributed by atoms with Gasteiger partial charge in [0.05, 0.1) is 4.47 Å². The van der Waals surface area contributed by atoms with E-state index in [-0.39, 0.29) is 4.47 Å². The molecule has 0 saturated carbocycles. The van der Waals surface area contributed by atoms with Crippen molar-refractivity contribution in [2.75, 3.05) is 0 Å². The topological polar surface area (TPSA) is 20.2 Å². The zero-order chi connectivity index (χ0) is 10.9. The van der Waals surface area contributed by atoms with Crippen LogP contribution in [0.1, 0.15) is 11.7 Å². The fraction of sp³-hybridized carbons (Fsp3) is 0.250. The van der Waals surface area contributed by atoms with Gasteiger partial charge in [-0.15, -0.1) is 0 Å². The van der Waals surface area contributed by atoms with E-state index in [1.165, 1.54) is 12.1 Å². The van der Waals surface area contributed by atoms with E-state index in [1.54, 1.807) is 0 Å². The van der Waals surface area contributed by atoms with E-state index < -0.39 is 23.7 Å². The molecule has 1 nitrogen and oxygen atoms in total. The van der Waals surface area contributed by atoms with Crippen molar-refractivity contribution in [3.05, 3.63) is 34.1 Å². The van der Waals surface area contributed by atoms with Crippen LogP contribution in [0.4, 0.5) is 17.6 Å². The lowest BCUT2D eigenvalue weighted by Crippen LogP contribution is -2.21. The molecule has 0 bridgehead atoms. The standard InChI is InChI=1S/C8H5BrF4O/c9-5-3-1-2-4(6(5)10)7(14)8(11,12)13/h1-3,7,14H/t7-/m1/s1. The van der Waals surface area contributed by atoms with Crippen LogP contribution in [0.2, 0.25) is 0 Å². The molecule has 0 aliphatic carbocycles. The van der Waals surface area contributed by atoms with Crippen molar-refractivity contribution in [3.8, 4) is 0 Å². The van der Waals surface area contributed by atoms with Crippen LogP contribution >= 0.6 is 15.9 Å². The largest absolute Gasteiger partial charge is 0.418 e. The molecule has 0 spiro atoms. The highest BCUT2D eigenvalue weighted by Gasteiger charge is 2.40. The first kappa shape index (κ1) is 11.5. The van der Waals surface area contributed by atoms with Gasteiger partial charge in [-0.1, -0.05) is 12.1 Å². The average molecular weight is 273 g/mol. The first-order valence-electron chi connectivity index (χ1n) is 3.52. The average Bonchev–Trinajstić information content (AvgIpc) is 2.07. The minimum absolute atomic E-state index is 0.113. The van der Waals surface area contributed by atoms with Crippen molar-refractivity contribution in [2.24, 2.45) is 0 Å². The molecule has 0 fully saturated rings. The summed E-state index contributed by atoms with van der Waals surface area (Å²) in [7, 11) is 0. The van der Waals surface area contributed by atoms with E-state index in [2.05, 4.69) is 15.9 Å². The van der Waals surface area contributed by atoms with Crippen LogP contribution in [0.25, 0.3) is 0 Å². The van der Waals surface area contributed by atoms with E-state index in [9.17, 15) is 17.6 Å². The van der Waals surface area contributed by atoms with Gasteiger partial charge < -0.3 is 5.11 Å². The van der Waals surface area contributed by atoms with E-state index in [0.717, 1.165) is 6.07 Å². The van der Waals surface area contributed by atoms with Crippen molar-refractivity contribution < 1.29 is 22.7 Å². The molecule has 1 atom stereocenters. The van der Waals surface area contributed by atoms with Gasteiger partial charge in [0, 0.05) is 5.56 Å². The molecule has 0 heterocycles. The third-order valence-electron chi connectivity index (χ3n) is 1.59. The molecule has 0 amide bonds. The van der Waals surface area contributed by atoms with Crippen molar-refractivity contribution >= 4 is 15.9 Å². The molecule has 1 rings (SSSR count). The Balaban J connectivity index is 3.14. The maximum atomic E-state index is 13.1. The van der Waals surface area contributed by atoms with E-state index in [4.69, 9.17) is 5.11 Å². The zero-order valence-corrected chi connectivity index (χ0v) is 8.23. The molecule has 0 unspecified atom stereocenters. The van der Waals surface area contributed by atoms with Crippen molar-refractivity contribution in [3.63, 3.8) is 0 Å². The molecule has 6 heteroatoms. The van der Waals surface area contributed by atoms with Gasteiger partial charge in [-0.05, 0) is 22.0 Å². The van der Waals surface area contributed by atoms with Crippen LogP contribution in [-0.4, -0.2) is 11.3 Å². The van der Waals surface area contributed by atoms with Crippen LogP contribution in [0, 0.1) is 5.82 Å². The molecule has 1 aromatic carbocycles. The summed E-state index contributed by atoms with van der Waals surface area (Å²) in [6, 6.07) is 3.36. The molecular formula is C8H5BrF4O. The van der Waals surface area contributed by atoms with Crippen molar-refractivity contribution in [1.82, 2.24) is 0 Å². The van der Waals surface area contributed by atoms with Gasteiger partial charge in [0.1, 0.15) is 5.82 Å². The number of hydrogen-bond donors (Lipinski definition) is 1. The summed E-state index contributed by atoms with van der Waals surface area (Å²) in [5.74, 6) is -1.10. The summed E-state index contributed by atoms with van der Waals surface area (Å²) < 4.78 is 49.0. The van der Waals surface area contributed by atoms with Crippen molar-refractivity contribution in [2.45, 2.75) is 12.3 Å². The molecular weight excluding hydrogens is 268 g/mol. The van der Waals surface area contributed by atoms with Crippen LogP contribution in [0.15, 0.2) is 22.7 Å². The number of rotatable bonds is 1. The lowest BCUT2D eigenvalue weighted by Gasteiger charge is -2.15. The predicted octanol–water partition coefficient (Wildman–Crippen LogP) is 3.18. The highest BCUT2D eigenvalue weighted by molar-refractivity contribution is 9.10. The molecule has 0 aliphatic rings. The Kier molecular flexibility index (Phi) is 3.16. The maximum absolute atomic E-state index is 13.1. The van der Waals surface area contributed by atoms with Gasteiger partial charge in [-0.3, -0.25) is 0 Å². The molecule has 78 valence electrons. The molecule has 0 saturated heterocycles. The monoisotopic (exact) mass is 272 g/mol. The number of aliphatic hydroxyl groups excluding tert-OH is 1. The van der Waals surface area contributed by atoms with Gasteiger partial charge in [-0.25, -0.2) is 4.39 Å². The summed E-state index contributed by atoms with van der Waals surface area (Å²) >= 11 is 2.73. The lowest BCUT2D eigenvalue weighted by molar-refractivity contribution is -0.207. The number of hydrogen-bond acceptors (Lipinski definition) is 1. The van der Waals surface area contributed by atoms with Gasteiger partial charge in [-0.2, -0.15) is 13.2 Å². The zero-order valence-electron chi connectivity index (χ0n) is 6.65. The summed E-state index contributed by atoms with van der Waals surface area (Å²) in [5, 5.41) is 8.78. The summed E-state index contributed by atoms with van der Waals surface area (Å²) in [5.41, 5.74) is -0.785. The second kappa shape index (κ2) is 3.86. The first-order chi connectivity index (χ1) is 6.34. The van der Waals surface area contributed by atoms with E-state index in [0.29, 0.717) is 0 Å². The Morgan fingerprint density at radius 1 is 1.29 bits per heavy atom. The Morgan fingerprint density at radius 3 is 2.36 bits per heavy atom. The minimum atomic E-state index is -4.86. The Labute approximate surface area is 85.5 Å². The summed E-state index contributed by atoms with van der Waals surface area (Å²) in [4.78, 5) is 0. The smallest absolute Gasteiger partial charge is 0.379 e. The molecule has 14 heavy (non-hydrogen) atoms. The lowest BCUT2D eigenvalue weighted by atomic mass is 10.1. The number of alkyl halides is 3. The van der Waals surface area contributed by atoms with E-state index >= 15 is 0 Å². The SMILES string of the molecule is O[C@H](c1cccc(Br)c1F)C(F)(F)F. The maximum Gasteiger partial charge on any atom is 0.418 e. The minimum Gasteiger partial charge on any atom is -0.379 e. The Morgan fingerprint density at radius 2 is 1.86 bits per heavy atom. The fourth-order valence-electron chi connectivity index (χ4n) is 0.908. The normalized spacial score (nSPS) is 14.1. The first-order valence-corrected chi connectivity index (χ1v) is 4.32. The summed E-state index contributed by atoms with van der Waals surface area (Å²) in [6.45, 7) is 0. The second-order valence-electron chi connectivity index (χ2n) is 2.59. The van der Waals surface area contributed by atoms with Crippen LogP contribution in [0.3, 0.4) is 0 Å². The Hall–Kier alpha value is -0.620. The highest BCUT2D eigenvalue weighted by atomic mass is 79.9. The van der Waals surface area contributed by atoms with Crippen LogP contribution in [0.5, 0.6) is 0 Å². The van der Waals surface area contributed by atoms with Gasteiger partial charge >= 0.3 is 6.18 Å². The molecule has 1 N–H and O–H groups in total. The van der Waals surface area contributed by atoms with Crippen LogP contribution in [-0.2, 0) is 0 Å². The van der Waals surface area contributed by atoms with Crippen LogP contribution < -0.4 is 0 Å². The number of halogens is 5. The number of benzene rings is 1. The predicted molar refractivity (Wildman–Crippen MR) is 45.1 cm³/mol. The number of aliphatic hydroxyl groups is 1. The molecule has 0 aliphatic heterocycles. The molecule has 0 radical (unpaired) electrons. The third kappa shape index (κ3) is 2.24. The van der Waals surface area contributed by atoms with Gasteiger partial charge in [0.25, 0.3) is 0 Å². The Bertz CT molecular complexity index is 337. The second-order valence-corrected chi connectivity index (χ2v) is 3.44. The van der Waals surface area contributed by atoms with Gasteiger partial charge in [0.2, 0.25) is 0 Å². The van der Waals surface area contributed by atoms with Crippen molar-refractivity contribution in [1.29, 1.82) is 0 Å². The fourth-order valence-corrected chi connectivity index (χ4v) is 1.29. The summed E-state index contributed by atoms with van der Waals surface area (Å²) in [6.07, 6.45) is -7.65.